The van der Waals surface area contributed by atoms with Crippen molar-refractivity contribution in [3.05, 3.63) is 23.7 Å². The second-order valence-corrected chi connectivity index (χ2v) is 5.11. The number of nitrogens with two attached hydrogens (primary N) is 1. The Bertz CT molecular complexity index is 481. The van der Waals surface area contributed by atoms with E-state index in [2.05, 4.69) is 14.3 Å². The number of nitrogens with zero attached hydrogens (tertiary/aromatic N) is 3. The molecule has 0 aromatic carbocycles. The van der Waals surface area contributed by atoms with Crippen molar-refractivity contribution in [3.8, 4) is 0 Å². The van der Waals surface area contributed by atoms with Gasteiger partial charge in [0, 0.05) is 11.9 Å². The Morgan fingerprint density at radius 2 is 2.20 bits per heavy atom. The zero-order chi connectivity index (χ0) is 10.8. The van der Waals surface area contributed by atoms with Gasteiger partial charge in [-0.15, -0.1) is 0 Å². The second-order valence-electron chi connectivity index (χ2n) is 3.09. The van der Waals surface area contributed by atoms with Crippen LogP contribution < -0.4 is 5.73 Å². The normalized spacial score (nSPS) is 10.5. The minimum absolute atomic E-state index is 0.758. The van der Waals surface area contributed by atoms with Gasteiger partial charge in [-0.3, -0.25) is 0 Å². The molecule has 0 spiro atoms. The summed E-state index contributed by atoms with van der Waals surface area (Å²) >= 11 is 2.86. The Morgan fingerprint density at radius 1 is 1.40 bits per heavy atom. The number of hydrogen-bond donors (Lipinski definition) is 1. The van der Waals surface area contributed by atoms with E-state index < -0.39 is 0 Å². The highest BCUT2D eigenvalue weighted by Gasteiger charge is 2.05. The van der Waals surface area contributed by atoms with E-state index in [1.807, 2.05) is 19.9 Å². The number of hydrogen-bond acceptors (Lipinski definition) is 6. The van der Waals surface area contributed by atoms with Gasteiger partial charge in [0.2, 0.25) is 0 Å². The molecule has 2 N–H and O–H groups in total. The molecule has 15 heavy (non-hydrogen) atoms. The van der Waals surface area contributed by atoms with Gasteiger partial charge < -0.3 is 5.73 Å². The zero-order valence-electron chi connectivity index (χ0n) is 8.39. The van der Waals surface area contributed by atoms with Crippen molar-refractivity contribution in [2.24, 2.45) is 0 Å². The topological polar surface area (TPSA) is 64.7 Å². The fraction of sp³-hybridized carbons (Fsp3) is 0.222. The van der Waals surface area contributed by atoms with Crippen LogP contribution in [0.25, 0.3) is 0 Å². The molecule has 0 aliphatic rings. The first kappa shape index (κ1) is 10.4. The molecular weight excluding hydrogens is 228 g/mol. The Morgan fingerprint density at radius 3 is 2.80 bits per heavy atom. The summed E-state index contributed by atoms with van der Waals surface area (Å²) in [6.45, 7) is 3.81. The Labute approximate surface area is 96.1 Å². The van der Waals surface area contributed by atoms with E-state index in [1.165, 1.54) is 23.3 Å². The fourth-order valence-electron chi connectivity index (χ4n) is 0.984. The number of anilines is 1. The lowest BCUT2D eigenvalue weighted by molar-refractivity contribution is 1.08. The van der Waals surface area contributed by atoms with Crippen molar-refractivity contribution in [3.63, 3.8) is 0 Å². The van der Waals surface area contributed by atoms with Crippen LogP contribution in [0.4, 0.5) is 5.69 Å². The first-order valence-corrected chi connectivity index (χ1v) is 5.94. The van der Waals surface area contributed by atoms with Crippen LogP contribution in [0.3, 0.4) is 0 Å². The summed E-state index contributed by atoms with van der Waals surface area (Å²) in [6.07, 6.45) is 1.77. The summed E-state index contributed by atoms with van der Waals surface area (Å²) in [5, 5.41) is 0.856. The standard InChI is InChI=1S/C9H10N4S2/c1-5-4-11-8(3-7(5)10)14-9-12-6(2)13-15-9/h3-4H,1-2H3,(H2,10,11). The Hall–Kier alpha value is -1.14. The quantitative estimate of drug-likeness (QED) is 0.869. The number of nitrogen functional groups attached to an aromatic ring is 1. The van der Waals surface area contributed by atoms with Crippen LogP contribution in [0.15, 0.2) is 21.6 Å². The van der Waals surface area contributed by atoms with Gasteiger partial charge in [0.1, 0.15) is 10.9 Å². The van der Waals surface area contributed by atoms with Crippen LogP contribution in [0, 0.1) is 13.8 Å². The first-order valence-electron chi connectivity index (χ1n) is 4.35. The lowest BCUT2D eigenvalue weighted by atomic mass is 10.3. The summed E-state index contributed by atoms with van der Waals surface area (Å²) in [7, 11) is 0. The first-order chi connectivity index (χ1) is 7.15. The molecule has 0 saturated heterocycles. The van der Waals surface area contributed by atoms with Gasteiger partial charge in [0.15, 0.2) is 4.34 Å². The highest BCUT2D eigenvalue weighted by atomic mass is 32.2. The van der Waals surface area contributed by atoms with Crippen LogP contribution in [0.2, 0.25) is 0 Å². The van der Waals surface area contributed by atoms with Gasteiger partial charge in [-0.1, -0.05) is 0 Å². The number of rotatable bonds is 2. The predicted octanol–water partition coefficient (Wildman–Crippen LogP) is 2.28. The zero-order valence-corrected chi connectivity index (χ0v) is 10.0. The lowest BCUT2D eigenvalue weighted by Gasteiger charge is -2.01. The molecule has 0 aliphatic heterocycles. The molecule has 0 bridgehead atoms. The van der Waals surface area contributed by atoms with E-state index >= 15 is 0 Å². The van der Waals surface area contributed by atoms with E-state index in [1.54, 1.807) is 6.20 Å². The Balaban J connectivity index is 2.21. The average Bonchev–Trinajstić information content (AvgIpc) is 2.58. The highest BCUT2D eigenvalue weighted by Crippen LogP contribution is 2.28. The number of aryl methyl sites for hydroxylation is 2. The summed E-state index contributed by atoms with van der Waals surface area (Å²) in [5.41, 5.74) is 7.54. The lowest BCUT2D eigenvalue weighted by Crippen LogP contribution is -1.91. The molecule has 78 valence electrons. The molecular formula is C9H10N4S2. The van der Waals surface area contributed by atoms with E-state index in [4.69, 9.17) is 5.73 Å². The number of pyridine rings is 1. The van der Waals surface area contributed by atoms with Crippen LogP contribution >= 0.6 is 23.3 Å². The molecule has 0 radical (unpaired) electrons. The SMILES string of the molecule is Cc1nsc(Sc2cc(N)c(C)cn2)n1. The molecule has 0 amide bonds. The van der Waals surface area contributed by atoms with Crippen molar-refractivity contribution in [2.45, 2.75) is 23.2 Å². The van der Waals surface area contributed by atoms with E-state index in [0.29, 0.717) is 0 Å². The van der Waals surface area contributed by atoms with Gasteiger partial charge in [-0.2, -0.15) is 4.37 Å². The number of aromatic nitrogens is 3. The molecule has 2 rings (SSSR count). The predicted molar refractivity (Wildman–Crippen MR) is 62.2 cm³/mol. The van der Waals surface area contributed by atoms with Gasteiger partial charge >= 0.3 is 0 Å². The van der Waals surface area contributed by atoms with Crippen LogP contribution in [-0.2, 0) is 0 Å². The van der Waals surface area contributed by atoms with Crippen molar-refractivity contribution in [2.75, 3.05) is 5.73 Å². The minimum atomic E-state index is 0.758. The molecule has 0 unspecified atom stereocenters. The summed E-state index contributed by atoms with van der Waals surface area (Å²) in [5.74, 6) is 0.794. The van der Waals surface area contributed by atoms with Gasteiger partial charge in [-0.25, -0.2) is 9.97 Å². The monoisotopic (exact) mass is 238 g/mol. The van der Waals surface area contributed by atoms with Crippen molar-refractivity contribution in [1.82, 2.24) is 14.3 Å². The highest BCUT2D eigenvalue weighted by molar-refractivity contribution is 8.00. The van der Waals surface area contributed by atoms with E-state index in [0.717, 1.165) is 26.4 Å². The maximum absolute atomic E-state index is 5.79. The summed E-state index contributed by atoms with van der Waals surface area (Å²) in [4.78, 5) is 8.51. The smallest absolute Gasteiger partial charge is 0.176 e. The van der Waals surface area contributed by atoms with Crippen molar-refractivity contribution < 1.29 is 0 Å². The molecule has 0 fully saturated rings. The van der Waals surface area contributed by atoms with Gasteiger partial charge in [0.25, 0.3) is 0 Å². The molecule has 2 aromatic heterocycles. The molecule has 0 aliphatic carbocycles. The Kier molecular flexibility index (Phi) is 2.88. The van der Waals surface area contributed by atoms with E-state index in [9.17, 15) is 0 Å². The van der Waals surface area contributed by atoms with Crippen LogP contribution in [-0.4, -0.2) is 14.3 Å². The fourth-order valence-corrected chi connectivity index (χ4v) is 2.57. The molecule has 0 saturated carbocycles. The third kappa shape index (κ3) is 2.45. The van der Waals surface area contributed by atoms with E-state index in [-0.39, 0.29) is 0 Å². The molecule has 2 heterocycles. The van der Waals surface area contributed by atoms with Crippen LogP contribution in [0.1, 0.15) is 11.4 Å². The van der Waals surface area contributed by atoms with Crippen molar-refractivity contribution in [1.29, 1.82) is 0 Å². The van der Waals surface area contributed by atoms with Gasteiger partial charge in [-0.05, 0) is 48.8 Å². The third-order valence-corrected chi connectivity index (χ3v) is 3.60. The molecule has 0 atom stereocenters. The van der Waals surface area contributed by atoms with Gasteiger partial charge in [0.05, 0.1) is 0 Å². The molecule has 2 aromatic rings. The maximum atomic E-state index is 5.79. The maximum Gasteiger partial charge on any atom is 0.176 e. The third-order valence-electron chi connectivity index (χ3n) is 1.82. The largest absolute Gasteiger partial charge is 0.398 e. The van der Waals surface area contributed by atoms with Crippen LogP contribution in [0.5, 0.6) is 0 Å². The average molecular weight is 238 g/mol. The summed E-state index contributed by atoms with van der Waals surface area (Å²) in [6, 6.07) is 1.86. The van der Waals surface area contributed by atoms with Crippen molar-refractivity contribution >= 4 is 29.0 Å². The molecule has 6 heteroatoms. The molecule has 4 nitrogen and oxygen atoms in total. The minimum Gasteiger partial charge on any atom is -0.398 e. The second kappa shape index (κ2) is 4.16. The summed E-state index contributed by atoms with van der Waals surface area (Å²) < 4.78 is 5.00.